The van der Waals surface area contributed by atoms with Gasteiger partial charge in [0.1, 0.15) is 11.6 Å². The van der Waals surface area contributed by atoms with Gasteiger partial charge in [-0.25, -0.2) is 8.78 Å². The van der Waals surface area contributed by atoms with E-state index in [-0.39, 0.29) is 12.1 Å². The van der Waals surface area contributed by atoms with E-state index in [1.165, 1.54) is 0 Å². The summed E-state index contributed by atoms with van der Waals surface area (Å²) in [4.78, 5) is 0. The highest BCUT2D eigenvalue weighted by Crippen LogP contribution is 2.25. The number of halogens is 3. The molecule has 21 heavy (non-hydrogen) atoms. The summed E-state index contributed by atoms with van der Waals surface area (Å²) in [5, 5.41) is 21.6. The van der Waals surface area contributed by atoms with Gasteiger partial charge in [0.25, 0.3) is 0 Å². The summed E-state index contributed by atoms with van der Waals surface area (Å²) in [7, 11) is 0. The van der Waals surface area contributed by atoms with E-state index in [2.05, 4.69) is 21.2 Å². The minimum atomic E-state index is -1.19. The number of benzene rings is 2. The van der Waals surface area contributed by atoms with Crippen molar-refractivity contribution in [3.63, 3.8) is 0 Å². The van der Waals surface area contributed by atoms with Gasteiger partial charge >= 0.3 is 0 Å². The summed E-state index contributed by atoms with van der Waals surface area (Å²) in [6.07, 6.45) is -1.19. The number of hydrogen-bond donors (Lipinski definition) is 2. The zero-order chi connectivity index (χ0) is 15.4. The smallest absolute Gasteiger partial charge is 0.129 e. The number of aliphatic hydroxyl groups excluding tert-OH is 1. The standard InChI is InChI=1S/C15H11BrF2N2O/c16-12-5-9(7-19)1-4-14(12)20-8-15(21)11-6-10(17)2-3-13(11)18/h1-6,15,20-21H,8H2. The Kier molecular flexibility index (Phi) is 4.89. The molecule has 1 unspecified atom stereocenters. The summed E-state index contributed by atoms with van der Waals surface area (Å²) >= 11 is 3.29. The van der Waals surface area contributed by atoms with Crippen LogP contribution in [0.15, 0.2) is 40.9 Å². The van der Waals surface area contributed by atoms with Gasteiger partial charge in [-0.1, -0.05) is 0 Å². The van der Waals surface area contributed by atoms with Gasteiger partial charge in [-0.15, -0.1) is 0 Å². The van der Waals surface area contributed by atoms with Crippen LogP contribution in [-0.2, 0) is 0 Å². The molecule has 0 bridgehead atoms. The van der Waals surface area contributed by atoms with E-state index >= 15 is 0 Å². The molecule has 0 aromatic heterocycles. The molecule has 0 saturated heterocycles. The third-order valence-electron chi connectivity index (χ3n) is 2.90. The van der Waals surface area contributed by atoms with Gasteiger partial charge < -0.3 is 10.4 Å². The highest BCUT2D eigenvalue weighted by Gasteiger charge is 2.14. The number of rotatable bonds is 4. The first-order chi connectivity index (χ1) is 10.0. The van der Waals surface area contributed by atoms with E-state index < -0.39 is 17.7 Å². The molecule has 1 atom stereocenters. The minimum Gasteiger partial charge on any atom is -0.386 e. The van der Waals surface area contributed by atoms with Crippen LogP contribution in [0.2, 0.25) is 0 Å². The summed E-state index contributed by atoms with van der Waals surface area (Å²) < 4.78 is 27.3. The summed E-state index contributed by atoms with van der Waals surface area (Å²) in [6, 6.07) is 9.84. The fourth-order valence-electron chi connectivity index (χ4n) is 1.81. The Morgan fingerprint density at radius 3 is 2.67 bits per heavy atom. The van der Waals surface area contributed by atoms with Crippen molar-refractivity contribution in [1.29, 1.82) is 5.26 Å². The van der Waals surface area contributed by atoms with Crippen LogP contribution < -0.4 is 5.32 Å². The van der Waals surface area contributed by atoms with Crippen LogP contribution in [0.25, 0.3) is 0 Å². The molecule has 0 radical (unpaired) electrons. The highest BCUT2D eigenvalue weighted by atomic mass is 79.9. The molecule has 6 heteroatoms. The average Bonchev–Trinajstić information content (AvgIpc) is 2.48. The van der Waals surface area contributed by atoms with E-state index in [0.717, 1.165) is 18.2 Å². The number of hydrogen-bond acceptors (Lipinski definition) is 3. The zero-order valence-corrected chi connectivity index (χ0v) is 12.4. The predicted octanol–water partition coefficient (Wildman–Crippen LogP) is 3.74. The molecular formula is C15H11BrF2N2O. The highest BCUT2D eigenvalue weighted by molar-refractivity contribution is 9.10. The fraction of sp³-hybridized carbons (Fsp3) is 0.133. The first-order valence-corrected chi connectivity index (χ1v) is 6.87. The predicted molar refractivity (Wildman–Crippen MR) is 78.7 cm³/mol. The van der Waals surface area contributed by atoms with Crippen molar-refractivity contribution < 1.29 is 13.9 Å². The van der Waals surface area contributed by atoms with Crippen molar-refractivity contribution in [2.75, 3.05) is 11.9 Å². The largest absolute Gasteiger partial charge is 0.386 e. The van der Waals surface area contributed by atoms with E-state index in [1.807, 2.05) is 6.07 Å². The zero-order valence-electron chi connectivity index (χ0n) is 10.8. The van der Waals surface area contributed by atoms with Crippen LogP contribution in [-0.4, -0.2) is 11.7 Å². The number of nitriles is 1. The Hall–Kier alpha value is -1.97. The summed E-state index contributed by atoms with van der Waals surface area (Å²) in [5.41, 5.74) is 1.03. The lowest BCUT2D eigenvalue weighted by Crippen LogP contribution is -2.14. The maximum atomic E-state index is 13.5. The molecule has 3 nitrogen and oxygen atoms in total. The van der Waals surface area contributed by atoms with Crippen LogP contribution in [0.4, 0.5) is 14.5 Å². The van der Waals surface area contributed by atoms with Gasteiger partial charge in [0.05, 0.1) is 17.7 Å². The Morgan fingerprint density at radius 1 is 1.24 bits per heavy atom. The molecule has 0 saturated carbocycles. The third kappa shape index (κ3) is 3.78. The quantitative estimate of drug-likeness (QED) is 0.880. The van der Waals surface area contributed by atoms with E-state index in [0.29, 0.717) is 15.7 Å². The molecule has 0 aliphatic carbocycles. The maximum absolute atomic E-state index is 13.5. The lowest BCUT2D eigenvalue weighted by atomic mass is 10.1. The Balaban J connectivity index is 2.09. The lowest BCUT2D eigenvalue weighted by Gasteiger charge is -2.15. The molecule has 0 spiro atoms. The fourth-order valence-corrected chi connectivity index (χ4v) is 2.33. The molecule has 2 rings (SSSR count). The van der Waals surface area contributed by atoms with Gasteiger partial charge in [-0.05, 0) is 52.3 Å². The van der Waals surface area contributed by atoms with Crippen LogP contribution in [0, 0.1) is 23.0 Å². The average molecular weight is 353 g/mol. The van der Waals surface area contributed by atoms with E-state index in [9.17, 15) is 13.9 Å². The molecule has 0 aliphatic heterocycles. The summed E-state index contributed by atoms with van der Waals surface area (Å²) in [5.74, 6) is -1.27. The van der Waals surface area contributed by atoms with E-state index in [1.54, 1.807) is 18.2 Å². The van der Waals surface area contributed by atoms with Gasteiger partial charge in [-0.3, -0.25) is 0 Å². The SMILES string of the molecule is N#Cc1ccc(NCC(O)c2cc(F)ccc2F)c(Br)c1. The molecule has 0 aliphatic rings. The molecule has 0 fully saturated rings. The lowest BCUT2D eigenvalue weighted by molar-refractivity contribution is 0.186. The molecular weight excluding hydrogens is 342 g/mol. The van der Waals surface area contributed by atoms with Crippen molar-refractivity contribution in [2.24, 2.45) is 0 Å². The Labute approximate surface area is 129 Å². The van der Waals surface area contributed by atoms with Crippen molar-refractivity contribution in [2.45, 2.75) is 6.10 Å². The van der Waals surface area contributed by atoms with E-state index in [4.69, 9.17) is 5.26 Å². The Morgan fingerprint density at radius 2 is 2.00 bits per heavy atom. The van der Waals surface area contributed by atoms with Gasteiger partial charge in [-0.2, -0.15) is 5.26 Å². The van der Waals surface area contributed by atoms with Crippen LogP contribution in [0.5, 0.6) is 0 Å². The van der Waals surface area contributed by atoms with Crippen LogP contribution >= 0.6 is 15.9 Å². The molecule has 2 N–H and O–H groups in total. The van der Waals surface area contributed by atoms with Gasteiger partial charge in [0, 0.05) is 22.3 Å². The normalized spacial score (nSPS) is 11.8. The number of anilines is 1. The topological polar surface area (TPSA) is 56.0 Å². The van der Waals surface area contributed by atoms with Gasteiger partial charge in [0.2, 0.25) is 0 Å². The van der Waals surface area contributed by atoms with Crippen LogP contribution in [0.3, 0.4) is 0 Å². The summed E-state index contributed by atoms with van der Waals surface area (Å²) in [6.45, 7) is 0.00483. The number of aliphatic hydroxyl groups is 1. The first kappa shape index (κ1) is 15.4. The van der Waals surface area contributed by atoms with Crippen molar-refractivity contribution >= 4 is 21.6 Å². The second kappa shape index (κ2) is 6.66. The molecule has 0 heterocycles. The number of nitrogens with zero attached hydrogens (tertiary/aromatic N) is 1. The van der Waals surface area contributed by atoms with Crippen LogP contribution in [0.1, 0.15) is 17.2 Å². The molecule has 108 valence electrons. The van der Waals surface area contributed by atoms with Crippen molar-refractivity contribution in [1.82, 2.24) is 0 Å². The molecule has 2 aromatic rings. The molecule has 2 aromatic carbocycles. The van der Waals surface area contributed by atoms with Crippen molar-refractivity contribution in [3.8, 4) is 6.07 Å². The maximum Gasteiger partial charge on any atom is 0.129 e. The minimum absolute atomic E-state index is 0.00483. The second-order valence-electron chi connectivity index (χ2n) is 4.37. The Bertz CT molecular complexity index is 701. The molecule has 0 amide bonds. The van der Waals surface area contributed by atoms with Gasteiger partial charge in [0.15, 0.2) is 0 Å². The van der Waals surface area contributed by atoms with Crippen molar-refractivity contribution in [3.05, 3.63) is 63.6 Å². The monoisotopic (exact) mass is 352 g/mol. The third-order valence-corrected chi connectivity index (χ3v) is 3.56. The number of nitrogens with one attached hydrogen (secondary N) is 1. The second-order valence-corrected chi connectivity index (χ2v) is 5.22. The first-order valence-electron chi connectivity index (χ1n) is 6.08.